The zero-order valence-corrected chi connectivity index (χ0v) is 11.5. The van der Waals surface area contributed by atoms with Crippen molar-refractivity contribution in [3.05, 3.63) is 11.9 Å². The number of hydrogen-bond donors (Lipinski definition) is 2. The molecule has 0 saturated heterocycles. The molecule has 6 nitrogen and oxygen atoms in total. The Hall–Kier alpha value is -1.43. The first-order valence-corrected chi connectivity index (χ1v) is 7.06. The molecule has 0 radical (unpaired) electrons. The van der Waals surface area contributed by atoms with Crippen LogP contribution in [0.15, 0.2) is 6.20 Å². The number of nitrogens with two attached hydrogens (primary N) is 1. The lowest BCUT2D eigenvalue weighted by atomic mass is 10.0. The number of carbonyl (C=O) groups excluding carboxylic acids is 1. The van der Waals surface area contributed by atoms with Crippen molar-refractivity contribution in [1.82, 2.24) is 20.3 Å². The smallest absolute Gasteiger partial charge is 0.242 e. The second kappa shape index (κ2) is 6.65. The Balaban J connectivity index is 1.80. The molecule has 106 valence electrons. The van der Waals surface area contributed by atoms with Crippen LogP contribution in [-0.2, 0) is 17.9 Å². The second-order valence-corrected chi connectivity index (χ2v) is 5.49. The third-order valence-corrected chi connectivity index (χ3v) is 3.72. The van der Waals surface area contributed by atoms with Gasteiger partial charge >= 0.3 is 0 Å². The Kier molecular flexibility index (Phi) is 4.90. The maximum Gasteiger partial charge on any atom is 0.242 e. The summed E-state index contributed by atoms with van der Waals surface area (Å²) in [6.45, 7) is 2.86. The average Bonchev–Trinajstić information content (AvgIpc) is 2.73. The SMILES string of the molecule is CC1CCCC(NC(=O)Cn2cc(CN)nn2)CC1. The topological polar surface area (TPSA) is 85.8 Å². The van der Waals surface area contributed by atoms with Crippen molar-refractivity contribution in [1.29, 1.82) is 0 Å². The highest BCUT2D eigenvalue weighted by atomic mass is 16.2. The summed E-state index contributed by atoms with van der Waals surface area (Å²) in [5.41, 5.74) is 6.16. The zero-order chi connectivity index (χ0) is 13.7. The van der Waals surface area contributed by atoms with E-state index in [1.54, 1.807) is 6.20 Å². The highest BCUT2D eigenvalue weighted by molar-refractivity contribution is 5.75. The maximum atomic E-state index is 11.9. The summed E-state index contributed by atoms with van der Waals surface area (Å²) in [4.78, 5) is 11.9. The quantitative estimate of drug-likeness (QED) is 0.789. The Bertz CT molecular complexity index is 417. The summed E-state index contributed by atoms with van der Waals surface area (Å²) in [5.74, 6) is 0.789. The molecule has 1 aliphatic carbocycles. The van der Waals surface area contributed by atoms with E-state index in [4.69, 9.17) is 5.73 Å². The van der Waals surface area contributed by atoms with Crippen molar-refractivity contribution < 1.29 is 4.79 Å². The molecule has 3 N–H and O–H groups in total. The molecule has 0 aromatic carbocycles. The first kappa shape index (κ1) is 14.0. The van der Waals surface area contributed by atoms with E-state index < -0.39 is 0 Å². The fraction of sp³-hybridized carbons (Fsp3) is 0.769. The van der Waals surface area contributed by atoms with Gasteiger partial charge in [0.15, 0.2) is 0 Å². The molecule has 1 amide bonds. The summed E-state index contributed by atoms with van der Waals surface area (Å²) in [5, 5.41) is 10.8. The van der Waals surface area contributed by atoms with Gasteiger partial charge in [-0.2, -0.15) is 0 Å². The predicted octanol–water partition coefficient (Wildman–Crippen LogP) is 0.822. The van der Waals surface area contributed by atoms with Crippen LogP contribution in [0.25, 0.3) is 0 Å². The van der Waals surface area contributed by atoms with E-state index in [1.807, 2.05) is 0 Å². The molecule has 1 saturated carbocycles. The van der Waals surface area contributed by atoms with Gasteiger partial charge in [-0.25, -0.2) is 4.68 Å². The number of hydrogen-bond acceptors (Lipinski definition) is 4. The molecule has 1 aromatic heterocycles. The van der Waals surface area contributed by atoms with Crippen LogP contribution in [0.3, 0.4) is 0 Å². The fourth-order valence-electron chi connectivity index (χ4n) is 2.56. The van der Waals surface area contributed by atoms with Gasteiger partial charge in [0.2, 0.25) is 5.91 Å². The van der Waals surface area contributed by atoms with E-state index in [1.165, 1.54) is 23.9 Å². The standard InChI is InChI=1S/C13H23N5O/c1-10-3-2-4-11(6-5-10)15-13(19)9-18-8-12(7-14)16-17-18/h8,10-11H,2-7,9,14H2,1H3,(H,15,19). The lowest BCUT2D eigenvalue weighted by Gasteiger charge is -2.16. The molecule has 1 aromatic rings. The number of nitrogens with one attached hydrogen (secondary N) is 1. The Morgan fingerprint density at radius 1 is 1.47 bits per heavy atom. The van der Waals surface area contributed by atoms with Gasteiger partial charge in [0.25, 0.3) is 0 Å². The Morgan fingerprint density at radius 2 is 2.32 bits per heavy atom. The lowest BCUT2D eigenvalue weighted by Crippen LogP contribution is -2.36. The molecule has 2 rings (SSSR count). The summed E-state index contributed by atoms with van der Waals surface area (Å²) < 4.78 is 1.54. The molecular formula is C13H23N5O. The third-order valence-electron chi connectivity index (χ3n) is 3.72. The van der Waals surface area contributed by atoms with E-state index in [9.17, 15) is 4.79 Å². The van der Waals surface area contributed by atoms with Crippen molar-refractivity contribution in [2.75, 3.05) is 0 Å². The minimum absolute atomic E-state index is 0.00743. The zero-order valence-electron chi connectivity index (χ0n) is 11.5. The van der Waals surface area contributed by atoms with Crippen LogP contribution in [0.5, 0.6) is 0 Å². The number of aromatic nitrogens is 3. The van der Waals surface area contributed by atoms with Gasteiger partial charge in [-0.3, -0.25) is 4.79 Å². The third kappa shape index (κ3) is 4.31. The normalized spacial score (nSPS) is 23.9. The second-order valence-electron chi connectivity index (χ2n) is 5.49. The van der Waals surface area contributed by atoms with Crippen LogP contribution >= 0.6 is 0 Å². The van der Waals surface area contributed by atoms with E-state index in [0.29, 0.717) is 18.3 Å². The van der Waals surface area contributed by atoms with Gasteiger partial charge in [-0.1, -0.05) is 25.0 Å². The van der Waals surface area contributed by atoms with Crippen LogP contribution in [0.4, 0.5) is 0 Å². The van der Waals surface area contributed by atoms with Gasteiger partial charge in [0.05, 0.1) is 11.9 Å². The maximum absolute atomic E-state index is 11.9. The van der Waals surface area contributed by atoms with Crippen LogP contribution in [-0.4, -0.2) is 26.9 Å². The molecule has 1 heterocycles. The number of rotatable bonds is 4. The molecule has 2 unspecified atom stereocenters. The highest BCUT2D eigenvalue weighted by Gasteiger charge is 2.18. The first-order chi connectivity index (χ1) is 9.17. The lowest BCUT2D eigenvalue weighted by molar-refractivity contribution is -0.122. The van der Waals surface area contributed by atoms with Gasteiger partial charge < -0.3 is 11.1 Å². The molecule has 0 spiro atoms. The summed E-state index contributed by atoms with van der Waals surface area (Å²) >= 11 is 0. The van der Waals surface area contributed by atoms with Crippen LogP contribution < -0.4 is 11.1 Å². The highest BCUT2D eigenvalue weighted by Crippen LogP contribution is 2.22. The average molecular weight is 265 g/mol. The van der Waals surface area contributed by atoms with Crippen molar-refractivity contribution in [3.8, 4) is 0 Å². The first-order valence-electron chi connectivity index (χ1n) is 7.06. The monoisotopic (exact) mass is 265 g/mol. The molecule has 1 aliphatic rings. The van der Waals surface area contributed by atoms with E-state index in [0.717, 1.165) is 18.8 Å². The molecule has 6 heteroatoms. The van der Waals surface area contributed by atoms with Crippen LogP contribution in [0.2, 0.25) is 0 Å². The summed E-state index contributed by atoms with van der Waals surface area (Å²) in [6, 6.07) is 0.315. The van der Waals surface area contributed by atoms with Crippen molar-refractivity contribution in [3.63, 3.8) is 0 Å². The molecule has 2 atom stereocenters. The molecular weight excluding hydrogens is 242 g/mol. The van der Waals surface area contributed by atoms with Crippen LogP contribution in [0.1, 0.15) is 44.7 Å². The fourth-order valence-corrected chi connectivity index (χ4v) is 2.56. The minimum atomic E-state index is 0.00743. The predicted molar refractivity (Wildman–Crippen MR) is 72.1 cm³/mol. The molecule has 19 heavy (non-hydrogen) atoms. The van der Waals surface area contributed by atoms with Gasteiger partial charge in [0.1, 0.15) is 6.54 Å². The summed E-state index contributed by atoms with van der Waals surface area (Å²) in [6.07, 6.45) is 7.56. The molecule has 1 fully saturated rings. The van der Waals surface area contributed by atoms with Crippen molar-refractivity contribution in [2.24, 2.45) is 11.7 Å². The number of amides is 1. The van der Waals surface area contributed by atoms with Gasteiger partial charge in [-0.15, -0.1) is 5.10 Å². The minimum Gasteiger partial charge on any atom is -0.352 e. The number of nitrogens with zero attached hydrogens (tertiary/aromatic N) is 3. The largest absolute Gasteiger partial charge is 0.352 e. The molecule has 0 bridgehead atoms. The van der Waals surface area contributed by atoms with E-state index >= 15 is 0 Å². The van der Waals surface area contributed by atoms with Crippen molar-refractivity contribution >= 4 is 5.91 Å². The van der Waals surface area contributed by atoms with Crippen LogP contribution in [0, 0.1) is 5.92 Å². The van der Waals surface area contributed by atoms with Crippen molar-refractivity contribution in [2.45, 2.75) is 58.2 Å². The van der Waals surface area contributed by atoms with Gasteiger partial charge in [0, 0.05) is 12.6 Å². The Morgan fingerprint density at radius 3 is 3.05 bits per heavy atom. The van der Waals surface area contributed by atoms with E-state index in [2.05, 4.69) is 22.6 Å². The van der Waals surface area contributed by atoms with E-state index in [-0.39, 0.29) is 12.5 Å². The summed E-state index contributed by atoms with van der Waals surface area (Å²) in [7, 11) is 0. The number of carbonyl (C=O) groups is 1. The Labute approximate surface area is 113 Å². The van der Waals surface area contributed by atoms with Gasteiger partial charge in [-0.05, 0) is 25.2 Å². The molecule has 0 aliphatic heterocycles.